The van der Waals surface area contributed by atoms with Gasteiger partial charge in [0.2, 0.25) is 5.95 Å². The van der Waals surface area contributed by atoms with Gasteiger partial charge in [0, 0.05) is 55.1 Å². The van der Waals surface area contributed by atoms with Crippen molar-refractivity contribution in [2.24, 2.45) is 14.1 Å². The predicted molar refractivity (Wildman–Crippen MR) is 116 cm³/mol. The van der Waals surface area contributed by atoms with E-state index in [1.165, 1.54) is 0 Å². The van der Waals surface area contributed by atoms with E-state index in [0.29, 0.717) is 5.95 Å². The van der Waals surface area contributed by atoms with E-state index < -0.39 is 0 Å². The van der Waals surface area contributed by atoms with Crippen molar-refractivity contribution in [1.29, 1.82) is 0 Å². The number of nitrogens with zero attached hydrogens (tertiary/aromatic N) is 9. The second-order valence-electron chi connectivity index (χ2n) is 7.17. The third kappa shape index (κ3) is 3.78. The first-order chi connectivity index (χ1) is 15.0. The summed E-state index contributed by atoms with van der Waals surface area (Å²) < 4.78 is 5.24. The van der Waals surface area contributed by atoms with Gasteiger partial charge in [-0.1, -0.05) is 0 Å². The van der Waals surface area contributed by atoms with E-state index in [-0.39, 0.29) is 0 Å². The molecule has 10 nitrogen and oxygen atoms in total. The van der Waals surface area contributed by atoms with Crippen LogP contribution < -0.4 is 5.32 Å². The zero-order valence-corrected chi connectivity index (χ0v) is 17.3. The van der Waals surface area contributed by atoms with Crippen LogP contribution in [0.25, 0.3) is 28.1 Å². The van der Waals surface area contributed by atoms with Gasteiger partial charge < -0.3 is 5.32 Å². The summed E-state index contributed by atoms with van der Waals surface area (Å²) in [7, 11) is 3.76. The predicted octanol–water partition coefficient (Wildman–Crippen LogP) is 2.91. The Kier molecular flexibility index (Phi) is 4.51. The molecule has 0 amide bonds. The first-order valence-electron chi connectivity index (χ1n) is 9.66. The first-order valence-corrected chi connectivity index (χ1v) is 9.66. The molecule has 5 aromatic rings. The summed E-state index contributed by atoms with van der Waals surface area (Å²) in [6.07, 6.45) is 11.0. The normalized spacial score (nSPS) is 11.1. The van der Waals surface area contributed by atoms with Crippen LogP contribution in [0.15, 0.2) is 61.6 Å². The van der Waals surface area contributed by atoms with E-state index >= 15 is 0 Å². The molecule has 31 heavy (non-hydrogen) atoms. The number of aromatic nitrogens is 9. The van der Waals surface area contributed by atoms with Gasteiger partial charge in [-0.05, 0) is 31.2 Å². The highest BCUT2D eigenvalue weighted by atomic mass is 15.3. The van der Waals surface area contributed by atoms with Crippen LogP contribution in [0.2, 0.25) is 0 Å². The Morgan fingerprint density at radius 3 is 2.16 bits per heavy atom. The quantitative estimate of drug-likeness (QED) is 0.473. The number of aryl methyl sites for hydroxylation is 3. The number of hydrogen-bond donors (Lipinski definition) is 1. The Hall–Kier alpha value is -4.34. The third-order valence-electron chi connectivity index (χ3n) is 4.78. The fraction of sp³-hybridized carbons (Fsp3) is 0.143. The molecule has 0 atom stereocenters. The van der Waals surface area contributed by atoms with E-state index in [4.69, 9.17) is 4.98 Å². The molecule has 0 aliphatic rings. The van der Waals surface area contributed by atoms with Gasteiger partial charge in [-0.15, -0.1) is 0 Å². The van der Waals surface area contributed by atoms with Crippen LogP contribution in [0.3, 0.4) is 0 Å². The lowest BCUT2D eigenvalue weighted by molar-refractivity contribution is 0.767. The molecule has 0 bridgehead atoms. The van der Waals surface area contributed by atoms with Crippen LogP contribution >= 0.6 is 0 Å². The van der Waals surface area contributed by atoms with Crippen molar-refractivity contribution in [3.8, 4) is 28.1 Å². The van der Waals surface area contributed by atoms with Gasteiger partial charge in [0.1, 0.15) is 12.2 Å². The van der Waals surface area contributed by atoms with Crippen molar-refractivity contribution in [2.45, 2.75) is 6.92 Å². The Balaban J connectivity index is 1.47. The molecule has 4 heterocycles. The molecular formula is C21H20N10. The Labute approximate surface area is 178 Å². The van der Waals surface area contributed by atoms with Crippen LogP contribution in [-0.4, -0.2) is 44.3 Å². The standard InChI is InChI=1S/C21H20N10/c1-14-23-13-31(28-14)18-6-4-17(5-7-18)26-21-22-10-19(15-8-24-29(2)11-15)20(27-21)16-9-25-30(3)12-16/h4-13H,1-3H3,(H,22,26,27). The number of rotatable bonds is 5. The number of nitrogens with one attached hydrogen (secondary N) is 1. The lowest BCUT2D eigenvalue weighted by Gasteiger charge is -2.10. The van der Waals surface area contributed by atoms with Crippen molar-refractivity contribution in [2.75, 3.05) is 5.32 Å². The summed E-state index contributed by atoms with van der Waals surface area (Å²) >= 11 is 0. The Morgan fingerprint density at radius 2 is 1.55 bits per heavy atom. The zero-order chi connectivity index (χ0) is 21.4. The minimum absolute atomic E-state index is 0.496. The molecule has 0 saturated heterocycles. The van der Waals surface area contributed by atoms with Crippen LogP contribution in [0.4, 0.5) is 11.6 Å². The van der Waals surface area contributed by atoms with Gasteiger partial charge in [0.25, 0.3) is 0 Å². The Bertz CT molecular complexity index is 1340. The molecule has 0 saturated carbocycles. The van der Waals surface area contributed by atoms with Gasteiger partial charge in [0.05, 0.1) is 23.8 Å². The molecule has 4 aromatic heterocycles. The first kappa shape index (κ1) is 18.7. The monoisotopic (exact) mass is 412 g/mol. The highest BCUT2D eigenvalue weighted by molar-refractivity contribution is 5.80. The second-order valence-corrected chi connectivity index (χ2v) is 7.17. The topological polar surface area (TPSA) is 104 Å². The van der Waals surface area contributed by atoms with E-state index in [2.05, 4.69) is 30.6 Å². The minimum atomic E-state index is 0.496. The summed E-state index contributed by atoms with van der Waals surface area (Å²) in [4.78, 5) is 13.5. The average molecular weight is 412 g/mol. The molecule has 0 unspecified atom stereocenters. The fourth-order valence-corrected chi connectivity index (χ4v) is 3.27. The van der Waals surface area contributed by atoms with E-state index in [9.17, 15) is 0 Å². The van der Waals surface area contributed by atoms with E-state index in [1.807, 2.05) is 57.7 Å². The minimum Gasteiger partial charge on any atom is -0.324 e. The summed E-state index contributed by atoms with van der Waals surface area (Å²) in [5, 5.41) is 16.2. The molecule has 0 aliphatic carbocycles. The molecule has 154 valence electrons. The average Bonchev–Trinajstić information content (AvgIpc) is 3.50. The van der Waals surface area contributed by atoms with Gasteiger partial charge in [-0.3, -0.25) is 9.36 Å². The number of anilines is 2. The number of hydrogen-bond acceptors (Lipinski definition) is 7. The van der Waals surface area contributed by atoms with Crippen molar-refractivity contribution in [1.82, 2.24) is 44.3 Å². The van der Waals surface area contributed by atoms with E-state index in [1.54, 1.807) is 39.0 Å². The van der Waals surface area contributed by atoms with Crippen LogP contribution in [0.5, 0.6) is 0 Å². The largest absolute Gasteiger partial charge is 0.324 e. The molecule has 10 heteroatoms. The van der Waals surface area contributed by atoms with Gasteiger partial charge in [-0.2, -0.15) is 15.3 Å². The van der Waals surface area contributed by atoms with Crippen molar-refractivity contribution in [3.05, 3.63) is 67.4 Å². The van der Waals surface area contributed by atoms with Gasteiger partial charge in [-0.25, -0.2) is 19.6 Å². The maximum absolute atomic E-state index is 4.78. The van der Waals surface area contributed by atoms with Crippen LogP contribution in [-0.2, 0) is 14.1 Å². The zero-order valence-electron chi connectivity index (χ0n) is 17.3. The highest BCUT2D eigenvalue weighted by Crippen LogP contribution is 2.30. The maximum Gasteiger partial charge on any atom is 0.227 e. The molecule has 5 rings (SSSR count). The number of benzene rings is 1. The highest BCUT2D eigenvalue weighted by Gasteiger charge is 2.14. The molecule has 1 aromatic carbocycles. The van der Waals surface area contributed by atoms with Gasteiger partial charge >= 0.3 is 0 Å². The summed E-state index contributed by atoms with van der Waals surface area (Å²) in [6, 6.07) is 7.83. The Morgan fingerprint density at radius 1 is 0.839 bits per heavy atom. The molecule has 0 radical (unpaired) electrons. The summed E-state index contributed by atoms with van der Waals surface area (Å²) in [5.41, 5.74) is 5.32. The fourth-order valence-electron chi connectivity index (χ4n) is 3.27. The smallest absolute Gasteiger partial charge is 0.227 e. The second kappa shape index (κ2) is 7.48. The third-order valence-corrected chi connectivity index (χ3v) is 4.78. The maximum atomic E-state index is 4.78. The van der Waals surface area contributed by atoms with Gasteiger partial charge in [0.15, 0.2) is 0 Å². The van der Waals surface area contributed by atoms with Crippen molar-refractivity contribution in [3.63, 3.8) is 0 Å². The van der Waals surface area contributed by atoms with E-state index in [0.717, 1.165) is 39.6 Å². The molecule has 0 fully saturated rings. The summed E-state index contributed by atoms with van der Waals surface area (Å²) in [5.74, 6) is 1.23. The van der Waals surface area contributed by atoms with Crippen molar-refractivity contribution >= 4 is 11.6 Å². The summed E-state index contributed by atoms with van der Waals surface area (Å²) in [6.45, 7) is 1.86. The SMILES string of the molecule is Cc1ncn(-c2ccc(Nc3ncc(-c4cnn(C)c4)c(-c4cnn(C)c4)n3)cc2)n1. The molecule has 0 spiro atoms. The lowest BCUT2D eigenvalue weighted by Crippen LogP contribution is -2.00. The van der Waals surface area contributed by atoms with Crippen LogP contribution in [0, 0.1) is 6.92 Å². The molecular weight excluding hydrogens is 392 g/mol. The molecule has 1 N–H and O–H groups in total. The van der Waals surface area contributed by atoms with Crippen LogP contribution in [0.1, 0.15) is 5.82 Å². The lowest BCUT2D eigenvalue weighted by atomic mass is 10.1. The van der Waals surface area contributed by atoms with Crippen molar-refractivity contribution < 1.29 is 0 Å². The molecule has 0 aliphatic heterocycles.